The number of halogens is 1. The van der Waals surface area contributed by atoms with Crippen LogP contribution < -0.4 is 5.56 Å². The minimum Gasteiger partial charge on any atom is -0.329 e. The first-order valence-electron chi connectivity index (χ1n) is 4.52. The monoisotopic (exact) mass is 207 g/mol. The fourth-order valence-corrected chi connectivity index (χ4v) is 1.82. The van der Waals surface area contributed by atoms with E-state index < -0.39 is 0 Å². The molecule has 14 heavy (non-hydrogen) atoms. The van der Waals surface area contributed by atoms with Crippen molar-refractivity contribution in [3.63, 3.8) is 0 Å². The third-order valence-electron chi connectivity index (χ3n) is 2.32. The molecular formula is C11H10ClNO. The number of pyridine rings is 1. The lowest BCUT2D eigenvalue weighted by Crippen LogP contribution is -2.04. The Hall–Kier alpha value is -1.28. The van der Waals surface area contributed by atoms with Gasteiger partial charge in [-0.3, -0.25) is 4.79 Å². The van der Waals surface area contributed by atoms with E-state index in [1.54, 1.807) is 12.3 Å². The predicted molar refractivity (Wildman–Crippen MR) is 59.0 cm³/mol. The second kappa shape index (κ2) is 3.46. The van der Waals surface area contributed by atoms with E-state index in [1.165, 1.54) is 0 Å². The predicted octanol–water partition coefficient (Wildman–Crippen LogP) is 2.74. The topological polar surface area (TPSA) is 32.9 Å². The molecule has 0 radical (unpaired) electrons. The molecule has 1 aromatic heterocycles. The third kappa shape index (κ3) is 1.42. The highest BCUT2D eigenvalue weighted by molar-refractivity contribution is 6.32. The molecule has 0 bridgehead atoms. The summed E-state index contributed by atoms with van der Waals surface area (Å²) in [5.74, 6) is 0. The molecule has 0 atom stereocenters. The molecule has 3 heteroatoms. The van der Waals surface area contributed by atoms with Crippen LogP contribution in [-0.4, -0.2) is 4.98 Å². The average molecular weight is 208 g/mol. The van der Waals surface area contributed by atoms with Crippen LogP contribution in [-0.2, 0) is 6.42 Å². The standard InChI is InChI=1S/C11H10ClNO/c1-2-7-5-8-3-4-13-11(14)9(8)6-10(7)12/h3-6H,2H2,1H3,(H,13,14). The zero-order valence-electron chi connectivity index (χ0n) is 7.80. The van der Waals surface area contributed by atoms with Gasteiger partial charge in [-0.2, -0.15) is 0 Å². The lowest BCUT2D eigenvalue weighted by molar-refractivity contribution is 1.14. The molecule has 0 saturated heterocycles. The lowest BCUT2D eigenvalue weighted by atomic mass is 10.1. The van der Waals surface area contributed by atoms with E-state index in [0.717, 1.165) is 17.4 Å². The van der Waals surface area contributed by atoms with Gasteiger partial charge in [-0.25, -0.2) is 0 Å². The molecule has 0 saturated carbocycles. The summed E-state index contributed by atoms with van der Waals surface area (Å²) >= 11 is 6.02. The Labute approximate surface area is 86.5 Å². The second-order valence-corrected chi connectivity index (χ2v) is 3.60. The highest BCUT2D eigenvalue weighted by atomic mass is 35.5. The molecule has 1 aromatic carbocycles. The summed E-state index contributed by atoms with van der Waals surface area (Å²) in [6.45, 7) is 2.04. The van der Waals surface area contributed by atoms with Gasteiger partial charge in [0.05, 0.1) is 0 Å². The maximum Gasteiger partial charge on any atom is 0.255 e. The van der Waals surface area contributed by atoms with Gasteiger partial charge in [-0.1, -0.05) is 18.5 Å². The van der Waals surface area contributed by atoms with Crippen molar-refractivity contribution in [2.75, 3.05) is 0 Å². The van der Waals surface area contributed by atoms with Crippen molar-refractivity contribution in [2.45, 2.75) is 13.3 Å². The molecule has 0 amide bonds. The van der Waals surface area contributed by atoms with Crippen LogP contribution >= 0.6 is 11.6 Å². The molecule has 0 aliphatic rings. The Kier molecular flexibility index (Phi) is 2.30. The maximum atomic E-state index is 11.4. The lowest BCUT2D eigenvalue weighted by Gasteiger charge is -2.03. The average Bonchev–Trinajstić information content (AvgIpc) is 2.19. The summed E-state index contributed by atoms with van der Waals surface area (Å²) in [5.41, 5.74) is 0.983. The van der Waals surface area contributed by atoms with Crippen molar-refractivity contribution in [1.82, 2.24) is 4.98 Å². The van der Waals surface area contributed by atoms with Crippen molar-refractivity contribution in [2.24, 2.45) is 0 Å². The number of aromatic nitrogens is 1. The number of H-pyrrole nitrogens is 1. The van der Waals surface area contributed by atoms with Crippen molar-refractivity contribution < 1.29 is 0 Å². The third-order valence-corrected chi connectivity index (χ3v) is 2.67. The first-order chi connectivity index (χ1) is 6.72. The summed E-state index contributed by atoms with van der Waals surface area (Å²) in [7, 11) is 0. The number of benzene rings is 1. The molecule has 0 spiro atoms. The van der Waals surface area contributed by atoms with Crippen LogP contribution in [0.5, 0.6) is 0 Å². The van der Waals surface area contributed by atoms with Crippen LogP contribution in [0, 0.1) is 0 Å². The van der Waals surface area contributed by atoms with Crippen LogP contribution in [0.4, 0.5) is 0 Å². The molecule has 2 nitrogen and oxygen atoms in total. The molecule has 2 rings (SSSR count). The maximum absolute atomic E-state index is 11.4. The van der Waals surface area contributed by atoms with Gasteiger partial charge in [0.25, 0.3) is 5.56 Å². The van der Waals surface area contributed by atoms with E-state index >= 15 is 0 Å². The molecule has 1 heterocycles. The Bertz CT molecular complexity index is 530. The first-order valence-corrected chi connectivity index (χ1v) is 4.90. The Morgan fingerprint density at radius 3 is 2.93 bits per heavy atom. The molecule has 2 aromatic rings. The Balaban J connectivity index is 2.86. The highest BCUT2D eigenvalue weighted by Crippen LogP contribution is 2.21. The molecule has 0 unspecified atom stereocenters. The molecule has 72 valence electrons. The molecule has 0 aliphatic carbocycles. The summed E-state index contributed by atoms with van der Waals surface area (Å²) in [5, 5.41) is 2.25. The van der Waals surface area contributed by atoms with Crippen LogP contribution in [0.3, 0.4) is 0 Å². The van der Waals surface area contributed by atoms with Gasteiger partial charge in [0, 0.05) is 16.6 Å². The second-order valence-electron chi connectivity index (χ2n) is 3.19. The van der Waals surface area contributed by atoms with Crippen LogP contribution in [0.15, 0.2) is 29.2 Å². The van der Waals surface area contributed by atoms with E-state index in [1.807, 2.05) is 19.1 Å². The number of hydrogen-bond acceptors (Lipinski definition) is 1. The minimum atomic E-state index is -0.0907. The van der Waals surface area contributed by atoms with Crippen molar-refractivity contribution in [1.29, 1.82) is 0 Å². The van der Waals surface area contributed by atoms with Crippen molar-refractivity contribution in [3.8, 4) is 0 Å². The Morgan fingerprint density at radius 2 is 2.21 bits per heavy atom. The van der Waals surface area contributed by atoms with E-state index in [4.69, 9.17) is 11.6 Å². The minimum absolute atomic E-state index is 0.0907. The zero-order chi connectivity index (χ0) is 10.1. The largest absolute Gasteiger partial charge is 0.329 e. The van der Waals surface area contributed by atoms with Crippen LogP contribution in [0.25, 0.3) is 10.8 Å². The summed E-state index contributed by atoms with van der Waals surface area (Å²) in [6.07, 6.45) is 2.53. The van der Waals surface area contributed by atoms with Gasteiger partial charge in [0.2, 0.25) is 0 Å². The van der Waals surface area contributed by atoms with Gasteiger partial charge < -0.3 is 4.98 Å². The number of nitrogens with one attached hydrogen (secondary N) is 1. The fourth-order valence-electron chi connectivity index (χ4n) is 1.53. The number of rotatable bonds is 1. The number of fused-ring (bicyclic) bond motifs is 1. The summed E-state index contributed by atoms with van der Waals surface area (Å²) in [6, 6.07) is 5.58. The smallest absolute Gasteiger partial charge is 0.255 e. The van der Waals surface area contributed by atoms with Crippen molar-refractivity contribution in [3.05, 3.63) is 45.3 Å². The number of hydrogen-bond donors (Lipinski definition) is 1. The SMILES string of the molecule is CCc1cc2cc[nH]c(=O)c2cc1Cl. The fraction of sp³-hybridized carbons (Fsp3) is 0.182. The quantitative estimate of drug-likeness (QED) is 0.767. The van der Waals surface area contributed by atoms with Crippen molar-refractivity contribution >= 4 is 22.4 Å². The van der Waals surface area contributed by atoms with Gasteiger partial charge in [-0.05, 0) is 35.6 Å². The van der Waals surface area contributed by atoms with E-state index in [0.29, 0.717) is 10.4 Å². The van der Waals surface area contributed by atoms with Gasteiger partial charge in [0.1, 0.15) is 0 Å². The van der Waals surface area contributed by atoms with Gasteiger partial charge in [0.15, 0.2) is 0 Å². The van der Waals surface area contributed by atoms with Gasteiger partial charge >= 0.3 is 0 Å². The van der Waals surface area contributed by atoms with Crippen LogP contribution in [0.2, 0.25) is 5.02 Å². The number of aryl methyl sites for hydroxylation is 1. The normalized spacial score (nSPS) is 10.7. The van der Waals surface area contributed by atoms with Crippen LogP contribution in [0.1, 0.15) is 12.5 Å². The first kappa shape index (κ1) is 9.28. The summed E-state index contributed by atoms with van der Waals surface area (Å²) < 4.78 is 0. The van der Waals surface area contributed by atoms with E-state index in [2.05, 4.69) is 4.98 Å². The highest BCUT2D eigenvalue weighted by Gasteiger charge is 2.03. The summed E-state index contributed by atoms with van der Waals surface area (Å²) in [4.78, 5) is 14.0. The Morgan fingerprint density at radius 1 is 1.43 bits per heavy atom. The molecular weight excluding hydrogens is 198 g/mol. The van der Waals surface area contributed by atoms with E-state index in [9.17, 15) is 4.79 Å². The molecule has 1 N–H and O–H groups in total. The molecule has 0 fully saturated rings. The molecule has 0 aliphatic heterocycles. The number of aromatic amines is 1. The van der Waals surface area contributed by atoms with Gasteiger partial charge in [-0.15, -0.1) is 0 Å². The van der Waals surface area contributed by atoms with E-state index in [-0.39, 0.29) is 5.56 Å². The zero-order valence-corrected chi connectivity index (χ0v) is 8.56.